The zero-order valence-corrected chi connectivity index (χ0v) is 14.6. The van der Waals surface area contributed by atoms with E-state index in [1.54, 1.807) is 6.92 Å². The molecule has 2 heterocycles. The molecule has 0 radical (unpaired) electrons. The molecule has 2 N–H and O–H groups in total. The molecule has 1 aromatic rings. The average molecular weight is 362 g/mol. The van der Waals surface area contributed by atoms with Crippen LogP contribution in [0.2, 0.25) is 0 Å². The highest BCUT2D eigenvalue weighted by Gasteiger charge is 2.34. The van der Waals surface area contributed by atoms with E-state index in [0.29, 0.717) is 56.7 Å². The number of nitrogens with one attached hydrogen (secondary N) is 2. The maximum atomic E-state index is 12.4. The zero-order valence-electron chi connectivity index (χ0n) is 14.6. The summed E-state index contributed by atoms with van der Waals surface area (Å²) >= 11 is 0. The van der Waals surface area contributed by atoms with E-state index < -0.39 is 12.7 Å². The highest BCUT2D eigenvalue weighted by molar-refractivity contribution is 5.80. The number of hydrogen-bond donors (Lipinski definition) is 2. The van der Waals surface area contributed by atoms with Crippen LogP contribution >= 0.6 is 0 Å². The number of rotatable bonds is 7. The van der Waals surface area contributed by atoms with E-state index in [4.69, 9.17) is 4.52 Å². The maximum Gasteiger partial charge on any atom is 0.401 e. The van der Waals surface area contributed by atoms with Gasteiger partial charge in [-0.1, -0.05) is 5.16 Å². The molecular formula is C15H25F3N6O. The van der Waals surface area contributed by atoms with E-state index in [0.717, 1.165) is 6.42 Å². The normalized spacial score (nSPS) is 19.4. The van der Waals surface area contributed by atoms with Gasteiger partial charge in [-0.25, -0.2) is 0 Å². The minimum Gasteiger partial charge on any atom is -0.357 e. The molecule has 2 rings (SSSR count). The van der Waals surface area contributed by atoms with Crippen LogP contribution in [0.5, 0.6) is 0 Å². The predicted octanol–water partition coefficient (Wildman–Crippen LogP) is 1.50. The largest absolute Gasteiger partial charge is 0.401 e. The number of aryl methyl sites for hydroxylation is 2. The second kappa shape index (κ2) is 9.02. The van der Waals surface area contributed by atoms with Gasteiger partial charge in [0.1, 0.15) is 0 Å². The quantitative estimate of drug-likeness (QED) is 0.435. The van der Waals surface area contributed by atoms with E-state index >= 15 is 0 Å². The summed E-state index contributed by atoms with van der Waals surface area (Å²) in [6.45, 7) is 4.91. The summed E-state index contributed by atoms with van der Waals surface area (Å²) in [4.78, 5) is 10.0. The van der Waals surface area contributed by atoms with Gasteiger partial charge in [-0.3, -0.25) is 9.89 Å². The van der Waals surface area contributed by atoms with Crippen LogP contribution in [0.3, 0.4) is 0 Å². The summed E-state index contributed by atoms with van der Waals surface area (Å²) in [5.74, 6) is 1.82. The number of hydrogen-bond acceptors (Lipinski definition) is 5. The van der Waals surface area contributed by atoms with E-state index in [-0.39, 0.29) is 6.04 Å². The molecule has 0 spiro atoms. The monoisotopic (exact) mass is 362 g/mol. The highest BCUT2D eigenvalue weighted by Crippen LogP contribution is 2.19. The van der Waals surface area contributed by atoms with Crippen molar-refractivity contribution >= 4 is 5.96 Å². The Hall–Kier alpha value is -1.84. The third-order valence-electron chi connectivity index (χ3n) is 3.75. The van der Waals surface area contributed by atoms with Gasteiger partial charge in [0.2, 0.25) is 5.89 Å². The molecule has 1 aliphatic heterocycles. The third kappa shape index (κ3) is 7.29. The molecule has 0 aliphatic carbocycles. The van der Waals surface area contributed by atoms with Crippen LogP contribution in [0.25, 0.3) is 0 Å². The third-order valence-corrected chi connectivity index (χ3v) is 3.75. The summed E-state index contributed by atoms with van der Waals surface area (Å²) < 4.78 is 42.4. The average Bonchev–Trinajstić information content (AvgIpc) is 3.11. The minimum atomic E-state index is -4.15. The summed E-state index contributed by atoms with van der Waals surface area (Å²) in [7, 11) is 0. The fourth-order valence-corrected chi connectivity index (χ4v) is 2.72. The lowest BCUT2D eigenvalue weighted by molar-refractivity contribution is -0.143. The number of alkyl halides is 3. The first-order valence-corrected chi connectivity index (χ1v) is 8.49. The number of aliphatic imine (C=N–C) groups is 1. The van der Waals surface area contributed by atoms with Crippen LogP contribution in [-0.4, -0.2) is 65.9 Å². The van der Waals surface area contributed by atoms with Gasteiger partial charge in [-0.05, 0) is 26.7 Å². The first-order valence-electron chi connectivity index (χ1n) is 8.49. The summed E-state index contributed by atoms with van der Waals surface area (Å²) in [6, 6.07) is -0.0289. The van der Waals surface area contributed by atoms with Crippen molar-refractivity contribution in [2.45, 2.75) is 45.3 Å². The Morgan fingerprint density at radius 1 is 1.44 bits per heavy atom. The van der Waals surface area contributed by atoms with Crippen molar-refractivity contribution in [1.29, 1.82) is 0 Å². The van der Waals surface area contributed by atoms with E-state index in [1.165, 1.54) is 4.90 Å². The molecule has 0 amide bonds. The van der Waals surface area contributed by atoms with Crippen LogP contribution in [0.15, 0.2) is 9.52 Å². The van der Waals surface area contributed by atoms with Crippen molar-refractivity contribution in [3.63, 3.8) is 0 Å². The van der Waals surface area contributed by atoms with Crippen LogP contribution in [0.1, 0.15) is 31.5 Å². The lowest BCUT2D eigenvalue weighted by atomic mass is 10.3. The van der Waals surface area contributed by atoms with Crippen molar-refractivity contribution in [3.8, 4) is 0 Å². The summed E-state index contributed by atoms with van der Waals surface area (Å²) in [5, 5.41) is 10.1. The molecule has 7 nitrogen and oxygen atoms in total. The Labute approximate surface area is 145 Å². The van der Waals surface area contributed by atoms with Crippen LogP contribution < -0.4 is 10.6 Å². The Kier molecular flexibility index (Phi) is 7.03. The molecule has 0 aromatic carbocycles. The SMILES string of the molecule is CCNC(=NCCCc1nc(C)no1)NC1CCN(CC(F)(F)F)C1. The van der Waals surface area contributed by atoms with Crippen LogP contribution in [-0.2, 0) is 6.42 Å². The molecule has 1 aliphatic rings. The smallest absolute Gasteiger partial charge is 0.357 e. The van der Waals surface area contributed by atoms with Crippen LogP contribution in [0.4, 0.5) is 13.2 Å². The molecule has 25 heavy (non-hydrogen) atoms. The van der Waals surface area contributed by atoms with Gasteiger partial charge < -0.3 is 15.2 Å². The first kappa shape index (κ1) is 19.5. The second-order valence-electron chi connectivity index (χ2n) is 6.08. The minimum absolute atomic E-state index is 0.0289. The molecule has 1 atom stereocenters. The number of likely N-dealkylation sites (tertiary alicyclic amines) is 1. The van der Waals surface area contributed by atoms with Gasteiger partial charge in [-0.15, -0.1) is 0 Å². The Balaban J connectivity index is 1.75. The fraction of sp³-hybridized carbons (Fsp3) is 0.800. The highest BCUT2D eigenvalue weighted by atomic mass is 19.4. The predicted molar refractivity (Wildman–Crippen MR) is 87.4 cm³/mol. The number of guanidine groups is 1. The second-order valence-corrected chi connectivity index (χ2v) is 6.08. The van der Waals surface area contributed by atoms with Gasteiger partial charge in [-0.2, -0.15) is 18.2 Å². The number of aromatic nitrogens is 2. The molecule has 10 heteroatoms. The molecule has 1 unspecified atom stereocenters. The Bertz CT molecular complexity index is 560. The van der Waals surface area contributed by atoms with Crippen molar-refractivity contribution < 1.29 is 17.7 Å². The van der Waals surface area contributed by atoms with E-state index in [2.05, 4.69) is 25.8 Å². The van der Waals surface area contributed by atoms with E-state index in [1.807, 2.05) is 6.92 Å². The van der Waals surface area contributed by atoms with Crippen molar-refractivity contribution in [2.24, 2.45) is 4.99 Å². The zero-order chi connectivity index (χ0) is 18.3. The molecule has 1 aromatic heterocycles. The van der Waals surface area contributed by atoms with Gasteiger partial charge in [0, 0.05) is 38.6 Å². The Morgan fingerprint density at radius 2 is 2.24 bits per heavy atom. The molecule has 1 saturated heterocycles. The van der Waals surface area contributed by atoms with Crippen LogP contribution in [0, 0.1) is 6.92 Å². The molecule has 142 valence electrons. The standard InChI is InChI=1S/C15H25F3N6O/c1-3-19-14(20-7-4-5-13-21-11(2)23-25-13)22-12-6-8-24(9-12)10-15(16,17)18/h12H,3-10H2,1-2H3,(H2,19,20,22). The van der Waals surface area contributed by atoms with Crippen molar-refractivity contribution in [1.82, 2.24) is 25.7 Å². The molecule has 0 bridgehead atoms. The summed E-state index contributed by atoms with van der Waals surface area (Å²) in [5.41, 5.74) is 0. The number of nitrogens with zero attached hydrogens (tertiary/aromatic N) is 4. The molecular weight excluding hydrogens is 337 g/mol. The molecule has 0 saturated carbocycles. The van der Waals surface area contributed by atoms with Gasteiger partial charge in [0.15, 0.2) is 11.8 Å². The van der Waals surface area contributed by atoms with Gasteiger partial charge >= 0.3 is 6.18 Å². The molecule has 1 fully saturated rings. The van der Waals surface area contributed by atoms with Gasteiger partial charge in [0.05, 0.1) is 6.54 Å². The van der Waals surface area contributed by atoms with Crippen molar-refractivity contribution in [2.75, 3.05) is 32.7 Å². The maximum absolute atomic E-state index is 12.4. The first-order chi connectivity index (χ1) is 11.9. The summed E-state index contributed by atoms with van der Waals surface area (Å²) in [6.07, 6.45) is -2.09. The van der Waals surface area contributed by atoms with Crippen molar-refractivity contribution in [3.05, 3.63) is 11.7 Å². The Morgan fingerprint density at radius 3 is 2.88 bits per heavy atom. The lowest BCUT2D eigenvalue weighted by Crippen LogP contribution is -2.45. The van der Waals surface area contributed by atoms with Gasteiger partial charge in [0.25, 0.3) is 0 Å². The topological polar surface area (TPSA) is 78.6 Å². The van der Waals surface area contributed by atoms with E-state index in [9.17, 15) is 13.2 Å². The fourth-order valence-electron chi connectivity index (χ4n) is 2.72. The number of halogens is 3. The lowest BCUT2D eigenvalue weighted by Gasteiger charge is -2.19.